The van der Waals surface area contributed by atoms with E-state index in [-0.39, 0.29) is 24.7 Å². The first kappa shape index (κ1) is 31.1. The fraction of sp³-hybridized carbons (Fsp3) is 0.531. The van der Waals surface area contributed by atoms with Crippen LogP contribution in [0.15, 0.2) is 60.7 Å². The first-order valence-corrected chi connectivity index (χ1v) is 13.7. The molecule has 0 aliphatic carbocycles. The molecule has 0 heterocycles. The summed E-state index contributed by atoms with van der Waals surface area (Å²) in [6.45, 7) is 9.96. The Morgan fingerprint density at radius 3 is 1.95 bits per heavy atom. The second kappa shape index (κ2) is 14.7. The molecule has 208 valence electrons. The normalized spacial score (nSPS) is 15.8. The van der Waals surface area contributed by atoms with Crippen LogP contribution < -0.4 is 4.74 Å². The molecule has 0 bridgehead atoms. The molecule has 2 rings (SSSR count). The van der Waals surface area contributed by atoms with Crippen molar-refractivity contribution in [3.63, 3.8) is 0 Å². The van der Waals surface area contributed by atoms with Crippen molar-refractivity contribution in [2.75, 3.05) is 13.7 Å². The summed E-state index contributed by atoms with van der Waals surface area (Å²) in [6, 6.07) is 18.9. The number of esters is 3. The van der Waals surface area contributed by atoms with E-state index in [0.29, 0.717) is 25.2 Å². The van der Waals surface area contributed by atoms with Crippen molar-refractivity contribution in [1.82, 2.24) is 0 Å². The van der Waals surface area contributed by atoms with Gasteiger partial charge in [0.15, 0.2) is 0 Å². The van der Waals surface area contributed by atoms with Crippen LogP contribution in [0.4, 0.5) is 0 Å². The van der Waals surface area contributed by atoms with Gasteiger partial charge in [0.25, 0.3) is 0 Å². The Hall–Kier alpha value is -3.15. The summed E-state index contributed by atoms with van der Waals surface area (Å²) in [7, 11) is 1.35. The van der Waals surface area contributed by atoms with Crippen molar-refractivity contribution in [3.8, 4) is 5.75 Å². The largest absolute Gasteiger partial charge is 0.469 e. The molecule has 0 aliphatic heterocycles. The van der Waals surface area contributed by atoms with Crippen LogP contribution in [-0.4, -0.2) is 31.6 Å². The maximum atomic E-state index is 13.8. The fourth-order valence-electron chi connectivity index (χ4n) is 4.92. The van der Waals surface area contributed by atoms with E-state index in [9.17, 15) is 14.4 Å². The van der Waals surface area contributed by atoms with E-state index in [1.165, 1.54) is 7.11 Å². The van der Waals surface area contributed by atoms with Crippen LogP contribution in [0.5, 0.6) is 5.75 Å². The maximum Gasteiger partial charge on any atom is 0.317 e. The van der Waals surface area contributed by atoms with Crippen LogP contribution in [0.25, 0.3) is 0 Å². The van der Waals surface area contributed by atoms with Gasteiger partial charge in [-0.25, -0.2) is 0 Å². The molecule has 2 aromatic rings. The van der Waals surface area contributed by atoms with Gasteiger partial charge >= 0.3 is 17.9 Å². The number of para-hydroxylation sites is 1. The summed E-state index contributed by atoms with van der Waals surface area (Å²) in [5, 5.41) is 0. The van der Waals surface area contributed by atoms with Crippen LogP contribution in [0.2, 0.25) is 0 Å². The Labute approximate surface area is 228 Å². The van der Waals surface area contributed by atoms with E-state index >= 15 is 0 Å². The van der Waals surface area contributed by atoms with E-state index in [4.69, 9.17) is 14.2 Å². The molecule has 0 spiro atoms. The maximum absolute atomic E-state index is 13.8. The molecule has 0 aromatic heterocycles. The van der Waals surface area contributed by atoms with Crippen molar-refractivity contribution in [1.29, 1.82) is 0 Å². The number of methoxy groups -OCH3 is 1. The number of hydrogen-bond donors (Lipinski definition) is 0. The lowest BCUT2D eigenvalue weighted by atomic mass is 9.69. The lowest BCUT2D eigenvalue weighted by Gasteiger charge is -2.35. The van der Waals surface area contributed by atoms with E-state index < -0.39 is 28.7 Å². The minimum Gasteiger partial charge on any atom is -0.469 e. The first-order valence-electron chi connectivity index (χ1n) is 13.7. The zero-order valence-corrected chi connectivity index (χ0v) is 23.8. The Bertz CT molecular complexity index is 1020. The second-order valence-corrected chi connectivity index (χ2v) is 10.8. The van der Waals surface area contributed by atoms with Crippen molar-refractivity contribution in [2.45, 2.75) is 79.1 Å². The van der Waals surface area contributed by atoms with Gasteiger partial charge in [-0.2, -0.15) is 0 Å². The average Bonchev–Trinajstić information content (AvgIpc) is 2.93. The van der Waals surface area contributed by atoms with Gasteiger partial charge in [0, 0.05) is 0 Å². The van der Waals surface area contributed by atoms with Crippen LogP contribution in [-0.2, 0) is 23.9 Å². The fourth-order valence-corrected chi connectivity index (χ4v) is 4.92. The number of benzene rings is 2. The van der Waals surface area contributed by atoms with E-state index in [0.717, 1.165) is 18.4 Å². The highest BCUT2D eigenvalue weighted by molar-refractivity contribution is 5.82. The quantitative estimate of drug-likeness (QED) is 0.140. The highest BCUT2D eigenvalue weighted by atomic mass is 16.5. The molecule has 4 atom stereocenters. The molecule has 6 heteroatoms. The predicted molar refractivity (Wildman–Crippen MR) is 149 cm³/mol. The number of carbonyl (C=O) groups is 3. The highest BCUT2D eigenvalue weighted by Gasteiger charge is 2.45. The topological polar surface area (TPSA) is 78.9 Å². The number of carbonyl (C=O) groups excluding carboxylic acids is 3. The molecule has 0 radical (unpaired) electrons. The van der Waals surface area contributed by atoms with Gasteiger partial charge < -0.3 is 14.2 Å². The van der Waals surface area contributed by atoms with E-state index in [1.54, 1.807) is 19.1 Å². The van der Waals surface area contributed by atoms with Gasteiger partial charge in [0.2, 0.25) is 0 Å². The van der Waals surface area contributed by atoms with Crippen molar-refractivity contribution >= 4 is 17.9 Å². The van der Waals surface area contributed by atoms with Gasteiger partial charge in [-0.3, -0.25) is 14.4 Å². The van der Waals surface area contributed by atoms with Crippen molar-refractivity contribution < 1.29 is 28.6 Å². The van der Waals surface area contributed by atoms with Gasteiger partial charge in [0.05, 0.1) is 30.5 Å². The summed E-state index contributed by atoms with van der Waals surface area (Å²) in [5.74, 6) is -1.39. The molecule has 38 heavy (non-hydrogen) atoms. The summed E-state index contributed by atoms with van der Waals surface area (Å²) in [5.41, 5.74) is -0.815. The summed E-state index contributed by atoms with van der Waals surface area (Å²) in [4.78, 5) is 39.9. The third-order valence-electron chi connectivity index (χ3n) is 7.50. The summed E-state index contributed by atoms with van der Waals surface area (Å²) < 4.78 is 16.6. The molecular formula is C32H44O6. The van der Waals surface area contributed by atoms with Gasteiger partial charge in [-0.05, 0) is 69.6 Å². The van der Waals surface area contributed by atoms with E-state index in [1.807, 2.05) is 69.3 Å². The molecule has 2 aromatic carbocycles. The molecule has 0 saturated carbocycles. The molecular weight excluding hydrogens is 480 g/mol. The van der Waals surface area contributed by atoms with Gasteiger partial charge in [0.1, 0.15) is 5.75 Å². The van der Waals surface area contributed by atoms with Crippen LogP contribution >= 0.6 is 0 Å². The van der Waals surface area contributed by atoms with Crippen molar-refractivity contribution in [2.24, 2.45) is 16.7 Å². The minimum absolute atomic E-state index is 0.0273. The molecule has 6 nitrogen and oxygen atoms in total. The van der Waals surface area contributed by atoms with Crippen LogP contribution in [0, 0.1) is 16.7 Å². The Morgan fingerprint density at radius 2 is 1.39 bits per heavy atom. The zero-order valence-electron chi connectivity index (χ0n) is 23.8. The Kier molecular flexibility index (Phi) is 12.0. The van der Waals surface area contributed by atoms with Gasteiger partial charge in [-0.1, -0.05) is 75.7 Å². The number of rotatable bonds is 15. The van der Waals surface area contributed by atoms with Gasteiger partial charge in [-0.15, -0.1) is 0 Å². The second-order valence-electron chi connectivity index (χ2n) is 10.8. The third-order valence-corrected chi connectivity index (χ3v) is 7.50. The van der Waals surface area contributed by atoms with Crippen molar-refractivity contribution in [3.05, 3.63) is 66.2 Å². The summed E-state index contributed by atoms with van der Waals surface area (Å²) >= 11 is 0. The van der Waals surface area contributed by atoms with Crippen LogP contribution in [0.1, 0.15) is 84.6 Å². The minimum atomic E-state index is -1.02. The third kappa shape index (κ3) is 8.71. The first-order chi connectivity index (χ1) is 18.1. The van der Waals surface area contributed by atoms with Crippen LogP contribution in [0.3, 0.4) is 0 Å². The predicted octanol–water partition coefficient (Wildman–Crippen LogP) is 7.12. The number of unbranched alkanes of at least 4 members (excludes halogenated alkanes) is 1. The number of hydrogen-bond acceptors (Lipinski definition) is 6. The SMILES string of the molecule is CCCCOC(=O)C(CC(C)(CC)C(=O)OC)CC(C)(CC(C)c1ccccc1)C(=O)Oc1ccccc1. The lowest BCUT2D eigenvalue weighted by Crippen LogP contribution is -2.40. The molecule has 0 N–H and O–H groups in total. The Balaban J connectivity index is 2.44. The Morgan fingerprint density at radius 1 is 0.816 bits per heavy atom. The average molecular weight is 525 g/mol. The molecule has 0 saturated heterocycles. The monoisotopic (exact) mass is 524 g/mol. The molecule has 0 fully saturated rings. The molecule has 0 aliphatic rings. The smallest absolute Gasteiger partial charge is 0.317 e. The van der Waals surface area contributed by atoms with E-state index in [2.05, 4.69) is 6.92 Å². The zero-order chi connectivity index (χ0) is 28.2. The molecule has 0 amide bonds. The number of ether oxygens (including phenoxy) is 3. The highest BCUT2D eigenvalue weighted by Crippen LogP contribution is 2.43. The lowest BCUT2D eigenvalue weighted by molar-refractivity contribution is -0.159. The summed E-state index contributed by atoms with van der Waals surface area (Å²) in [6.07, 6.45) is 3.00. The standard InChI is InChI=1S/C32H44O6/c1-7-9-20-37-28(33)26(22-31(4,8-2)29(34)36-6)23-32(5,21-24(3)25-16-12-10-13-17-25)30(35)38-27-18-14-11-15-19-27/h10-19,24,26H,7-9,20-23H2,1-6H3. The molecule has 4 unspecified atom stereocenters.